The van der Waals surface area contributed by atoms with Crippen LogP contribution in [0.15, 0.2) is 47.4 Å². The minimum atomic E-state index is -3.78. The molecule has 0 aliphatic rings. The fraction of sp³-hybridized carbons (Fsp3) is 0.0714. The first-order chi connectivity index (χ1) is 9.77. The number of rotatable bonds is 3. The Morgan fingerprint density at radius 2 is 1.90 bits per heavy atom. The van der Waals surface area contributed by atoms with Crippen LogP contribution >= 0.6 is 33.3 Å². The summed E-state index contributed by atoms with van der Waals surface area (Å²) in [5.74, 6) is -0.255. The Bertz CT molecular complexity index is 806. The number of nitrogens with one attached hydrogen (secondary N) is 1. The van der Waals surface area contributed by atoms with E-state index in [1.807, 2.05) is 6.07 Å². The van der Waals surface area contributed by atoms with E-state index in [1.54, 1.807) is 31.2 Å². The third-order valence-electron chi connectivity index (χ3n) is 2.78. The summed E-state index contributed by atoms with van der Waals surface area (Å²) in [6, 6.07) is 11.6. The quantitative estimate of drug-likeness (QED) is 0.589. The van der Waals surface area contributed by atoms with Crippen LogP contribution in [0.4, 0.5) is 5.69 Å². The molecule has 0 spiro atoms. The Morgan fingerprint density at radius 3 is 2.48 bits per heavy atom. The highest BCUT2D eigenvalue weighted by atomic mass is 127. The predicted molar refractivity (Wildman–Crippen MR) is 91.3 cm³/mol. The maximum Gasteiger partial charge on any atom is 0.261 e. The highest BCUT2D eigenvalue weighted by molar-refractivity contribution is 14.1. The van der Waals surface area contributed by atoms with Gasteiger partial charge in [-0.05, 0) is 71.5 Å². The third kappa shape index (κ3) is 4.18. The molecule has 0 aliphatic carbocycles. The van der Waals surface area contributed by atoms with Crippen LogP contribution in [0.3, 0.4) is 0 Å². The van der Waals surface area contributed by atoms with Crippen molar-refractivity contribution in [1.82, 2.24) is 0 Å². The Balaban J connectivity index is 2.25. The van der Waals surface area contributed by atoms with E-state index < -0.39 is 9.05 Å². The molecule has 0 radical (unpaired) electrons. The Morgan fingerprint density at radius 1 is 1.19 bits per heavy atom. The molecule has 0 bridgehead atoms. The second-order valence-corrected chi connectivity index (χ2v) is 8.16. The number of halogens is 2. The number of aryl methyl sites for hydroxylation is 1. The summed E-state index contributed by atoms with van der Waals surface area (Å²) >= 11 is 2.13. The first-order valence-electron chi connectivity index (χ1n) is 5.89. The molecule has 7 heteroatoms. The van der Waals surface area contributed by atoms with E-state index >= 15 is 0 Å². The molecule has 0 heterocycles. The van der Waals surface area contributed by atoms with Crippen LogP contribution in [0.5, 0.6) is 0 Å². The van der Waals surface area contributed by atoms with Gasteiger partial charge in [0.25, 0.3) is 15.0 Å². The van der Waals surface area contributed by atoms with Crippen LogP contribution < -0.4 is 5.32 Å². The van der Waals surface area contributed by atoms with Crippen molar-refractivity contribution in [3.05, 3.63) is 57.2 Å². The van der Waals surface area contributed by atoms with Gasteiger partial charge in [0.2, 0.25) is 0 Å². The standard InChI is InChI=1S/C14H11ClINO3S/c1-9-7-12(5-6-13(9)21(15,19)20)17-14(18)10-3-2-4-11(16)8-10/h2-8H,1H3,(H,17,18). The van der Waals surface area contributed by atoms with E-state index in [9.17, 15) is 13.2 Å². The molecule has 0 aromatic heterocycles. The fourth-order valence-corrected chi connectivity index (χ4v) is 3.57. The van der Waals surface area contributed by atoms with Crippen molar-refractivity contribution in [2.45, 2.75) is 11.8 Å². The lowest BCUT2D eigenvalue weighted by molar-refractivity contribution is 0.102. The van der Waals surface area contributed by atoms with Crippen LogP contribution in [0.2, 0.25) is 0 Å². The predicted octanol–water partition coefficient (Wildman–Crippen LogP) is 3.78. The van der Waals surface area contributed by atoms with Gasteiger partial charge in [-0.1, -0.05) is 6.07 Å². The molecule has 0 saturated carbocycles. The second kappa shape index (κ2) is 6.33. The summed E-state index contributed by atoms with van der Waals surface area (Å²) < 4.78 is 23.6. The molecule has 0 saturated heterocycles. The minimum absolute atomic E-state index is 0.0384. The minimum Gasteiger partial charge on any atom is -0.322 e. The van der Waals surface area contributed by atoms with Gasteiger partial charge in [-0.2, -0.15) is 0 Å². The van der Waals surface area contributed by atoms with E-state index in [1.165, 1.54) is 12.1 Å². The van der Waals surface area contributed by atoms with Gasteiger partial charge >= 0.3 is 0 Å². The van der Waals surface area contributed by atoms with Crippen LogP contribution in [0.1, 0.15) is 15.9 Å². The fourth-order valence-electron chi connectivity index (χ4n) is 1.83. The maximum absolute atomic E-state index is 12.1. The highest BCUT2D eigenvalue weighted by Crippen LogP contribution is 2.23. The Kier molecular flexibility index (Phi) is 4.90. The lowest BCUT2D eigenvalue weighted by Crippen LogP contribution is -2.12. The summed E-state index contributed by atoms with van der Waals surface area (Å²) in [5.41, 5.74) is 1.53. The van der Waals surface area contributed by atoms with Crippen molar-refractivity contribution < 1.29 is 13.2 Å². The van der Waals surface area contributed by atoms with Gasteiger partial charge in [-0.3, -0.25) is 4.79 Å². The number of carbonyl (C=O) groups excluding carboxylic acids is 1. The molecule has 4 nitrogen and oxygen atoms in total. The molecule has 0 fully saturated rings. The molecule has 2 rings (SSSR count). The van der Waals surface area contributed by atoms with Crippen LogP contribution in [-0.2, 0) is 9.05 Å². The number of hydrogen-bond donors (Lipinski definition) is 1. The zero-order chi connectivity index (χ0) is 15.6. The van der Waals surface area contributed by atoms with E-state index in [2.05, 4.69) is 27.9 Å². The Hall–Kier alpha value is -1.12. The van der Waals surface area contributed by atoms with Crippen molar-refractivity contribution in [2.24, 2.45) is 0 Å². The van der Waals surface area contributed by atoms with Gasteiger partial charge in [0.1, 0.15) is 0 Å². The van der Waals surface area contributed by atoms with Gasteiger partial charge in [0.15, 0.2) is 0 Å². The van der Waals surface area contributed by atoms with Crippen molar-refractivity contribution in [1.29, 1.82) is 0 Å². The van der Waals surface area contributed by atoms with E-state index in [0.717, 1.165) is 3.57 Å². The average molecular weight is 436 g/mol. The van der Waals surface area contributed by atoms with E-state index in [0.29, 0.717) is 16.8 Å². The van der Waals surface area contributed by atoms with Gasteiger partial charge in [-0.15, -0.1) is 0 Å². The number of carbonyl (C=O) groups is 1. The van der Waals surface area contributed by atoms with Crippen LogP contribution in [-0.4, -0.2) is 14.3 Å². The van der Waals surface area contributed by atoms with Crippen molar-refractivity contribution in [2.75, 3.05) is 5.32 Å². The normalized spacial score (nSPS) is 11.2. The third-order valence-corrected chi connectivity index (χ3v) is 4.94. The van der Waals surface area contributed by atoms with Crippen molar-refractivity contribution in [3.63, 3.8) is 0 Å². The summed E-state index contributed by atoms with van der Waals surface area (Å²) in [6.45, 7) is 1.62. The van der Waals surface area contributed by atoms with E-state index in [4.69, 9.17) is 10.7 Å². The van der Waals surface area contributed by atoms with Crippen LogP contribution in [0.25, 0.3) is 0 Å². The lowest BCUT2D eigenvalue weighted by atomic mass is 10.2. The summed E-state index contributed by atoms with van der Waals surface area (Å²) in [5, 5.41) is 2.72. The molecule has 0 aliphatic heterocycles. The lowest BCUT2D eigenvalue weighted by Gasteiger charge is -2.08. The molecular weight excluding hydrogens is 425 g/mol. The number of amides is 1. The maximum atomic E-state index is 12.1. The second-order valence-electron chi connectivity index (χ2n) is 4.38. The van der Waals surface area contributed by atoms with Crippen LogP contribution in [0, 0.1) is 10.5 Å². The molecule has 110 valence electrons. The zero-order valence-electron chi connectivity index (χ0n) is 10.9. The molecule has 2 aromatic carbocycles. The SMILES string of the molecule is Cc1cc(NC(=O)c2cccc(I)c2)ccc1S(=O)(=O)Cl. The van der Waals surface area contributed by atoms with Gasteiger partial charge < -0.3 is 5.32 Å². The van der Waals surface area contributed by atoms with E-state index in [-0.39, 0.29) is 10.8 Å². The smallest absolute Gasteiger partial charge is 0.261 e. The topological polar surface area (TPSA) is 63.2 Å². The summed E-state index contributed by atoms with van der Waals surface area (Å²) in [6.07, 6.45) is 0. The molecule has 1 N–H and O–H groups in total. The first kappa shape index (κ1) is 16.3. The number of hydrogen-bond acceptors (Lipinski definition) is 3. The molecule has 2 aromatic rings. The van der Waals surface area contributed by atoms with Gasteiger partial charge in [-0.25, -0.2) is 8.42 Å². The van der Waals surface area contributed by atoms with Gasteiger partial charge in [0.05, 0.1) is 4.90 Å². The van der Waals surface area contributed by atoms with Crippen molar-refractivity contribution >= 4 is 53.9 Å². The summed E-state index contributed by atoms with van der Waals surface area (Å²) in [7, 11) is 1.54. The molecule has 0 atom stereocenters. The average Bonchev–Trinajstić information content (AvgIpc) is 2.37. The number of anilines is 1. The van der Waals surface area contributed by atoms with Crippen molar-refractivity contribution in [3.8, 4) is 0 Å². The Labute approximate surface area is 141 Å². The highest BCUT2D eigenvalue weighted by Gasteiger charge is 2.14. The van der Waals surface area contributed by atoms with Gasteiger partial charge in [0, 0.05) is 25.5 Å². The monoisotopic (exact) mass is 435 g/mol. The first-order valence-corrected chi connectivity index (χ1v) is 9.28. The molecular formula is C14H11ClINO3S. The number of benzene rings is 2. The zero-order valence-corrected chi connectivity index (χ0v) is 14.7. The molecule has 0 unspecified atom stereocenters. The summed E-state index contributed by atoms with van der Waals surface area (Å²) in [4.78, 5) is 12.1. The molecule has 21 heavy (non-hydrogen) atoms. The largest absolute Gasteiger partial charge is 0.322 e. The molecule has 1 amide bonds.